The molecule has 9 nitrogen and oxygen atoms in total. The maximum absolute atomic E-state index is 13.6. The number of likely N-dealkylation sites (tertiary alicyclic amines) is 1. The molecule has 0 spiro atoms. The van der Waals surface area contributed by atoms with Crippen LogP contribution in [0.1, 0.15) is 30.6 Å². The van der Waals surface area contributed by atoms with Crippen LogP contribution in [0.15, 0.2) is 24.3 Å². The van der Waals surface area contributed by atoms with Gasteiger partial charge in [-0.15, -0.1) is 0 Å². The number of fused-ring (bicyclic) bond motifs is 1. The van der Waals surface area contributed by atoms with E-state index in [1.807, 2.05) is 38.1 Å². The van der Waals surface area contributed by atoms with Crippen molar-refractivity contribution in [1.29, 1.82) is 0 Å². The summed E-state index contributed by atoms with van der Waals surface area (Å²) in [6, 6.07) is 6.15. The van der Waals surface area contributed by atoms with Gasteiger partial charge in [-0.2, -0.15) is 0 Å². The SMILES string of the molecule is CCC(C)[C@H](NC(=O)c1ccc(N2CCN(C)CC2)cc1)C(=O)N1C[C@@H](OC)[C@H]2OCC(=O)[C@H]21. The summed E-state index contributed by atoms with van der Waals surface area (Å²) in [5, 5.41) is 2.95. The number of ether oxygens (including phenoxy) is 2. The van der Waals surface area contributed by atoms with Gasteiger partial charge in [-0.1, -0.05) is 20.3 Å². The zero-order valence-corrected chi connectivity index (χ0v) is 20.5. The van der Waals surface area contributed by atoms with Crippen LogP contribution >= 0.6 is 0 Å². The molecule has 4 rings (SSSR count). The maximum atomic E-state index is 13.6. The summed E-state index contributed by atoms with van der Waals surface area (Å²) >= 11 is 0. The molecule has 3 saturated heterocycles. The molecule has 3 aliphatic heterocycles. The highest BCUT2D eigenvalue weighted by atomic mass is 16.5. The molecule has 1 aromatic rings. The lowest BCUT2D eigenvalue weighted by Crippen LogP contribution is -2.54. The number of methoxy groups -OCH3 is 1. The highest BCUT2D eigenvalue weighted by Gasteiger charge is 2.53. The summed E-state index contributed by atoms with van der Waals surface area (Å²) in [6.07, 6.45) is -0.0910. The Hall–Kier alpha value is -2.49. The average molecular weight is 473 g/mol. The third-order valence-corrected chi connectivity index (χ3v) is 7.49. The molecule has 0 aromatic heterocycles. The van der Waals surface area contributed by atoms with Gasteiger partial charge in [0, 0.05) is 44.5 Å². The number of rotatable bonds is 7. The molecule has 0 radical (unpaired) electrons. The Balaban J connectivity index is 1.46. The van der Waals surface area contributed by atoms with E-state index in [0.717, 1.165) is 31.9 Å². The van der Waals surface area contributed by atoms with Crippen LogP contribution in [0.5, 0.6) is 0 Å². The van der Waals surface area contributed by atoms with Gasteiger partial charge in [0.1, 0.15) is 30.9 Å². The number of piperazine rings is 1. The number of carbonyl (C=O) groups is 3. The first-order valence-corrected chi connectivity index (χ1v) is 12.2. The molecule has 0 aliphatic carbocycles. The first-order chi connectivity index (χ1) is 16.3. The largest absolute Gasteiger partial charge is 0.377 e. The van der Waals surface area contributed by atoms with Gasteiger partial charge in [-0.25, -0.2) is 0 Å². The molecule has 1 unspecified atom stereocenters. The molecule has 0 bridgehead atoms. The van der Waals surface area contributed by atoms with Gasteiger partial charge < -0.3 is 29.5 Å². The molecule has 1 aromatic carbocycles. The van der Waals surface area contributed by atoms with Crippen LogP contribution in [-0.4, -0.2) is 105 Å². The predicted molar refractivity (Wildman–Crippen MR) is 128 cm³/mol. The molecule has 9 heteroatoms. The molecule has 3 heterocycles. The van der Waals surface area contributed by atoms with Crippen molar-refractivity contribution >= 4 is 23.3 Å². The van der Waals surface area contributed by atoms with E-state index in [2.05, 4.69) is 22.2 Å². The Morgan fingerprint density at radius 2 is 1.85 bits per heavy atom. The second-order valence-corrected chi connectivity index (χ2v) is 9.63. The molecule has 34 heavy (non-hydrogen) atoms. The quantitative estimate of drug-likeness (QED) is 0.627. The average Bonchev–Trinajstić information content (AvgIpc) is 3.42. The van der Waals surface area contributed by atoms with E-state index in [1.165, 1.54) is 0 Å². The van der Waals surface area contributed by atoms with Gasteiger partial charge >= 0.3 is 0 Å². The van der Waals surface area contributed by atoms with Crippen molar-refractivity contribution in [2.75, 3.05) is 58.4 Å². The maximum Gasteiger partial charge on any atom is 0.251 e. The van der Waals surface area contributed by atoms with E-state index in [9.17, 15) is 14.4 Å². The van der Waals surface area contributed by atoms with E-state index >= 15 is 0 Å². The zero-order valence-electron chi connectivity index (χ0n) is 20.5. The monoisotopic (exact) mass is 472 g/mol. The molecular weight excluding hydrogens is 436 g/mol. The number of hydrogen-bond acceptors (Lipinski definition) is 7. The topological polar surface area (TPSA) is 91.4 Å². The minimum Gasteiger partial charge on any atom is -0.377 e. The number of amides is 2. The van der Waals surface area contributed by atoms with Gasteiger partial charge in [0.15, 0.2) is 5.78 Å². The number of Topliss-reactive ketones (excluding diaryl/α,β-unsaturated/α-hetero) is 1. The van der Waals surface area contributed by atoms with Crippen molar-refractivity contribution in [3.63, 3.8) is 0 Å². The number of benzene rings is 1. The first kappa shape index (κ1) is 24.6. The number of carbonyl (C=O) groups excluding carboxylic acids is 3. The molecule has 1 N–H and O–H groups in total. The minimum atomic E-state index is -0.737. The number of likely N-dealkylation sites (N-methyl/N-ethyl adjacent to an activating group) is 1. The van der Waals surface area contributed by atoms with Crippen molar-refractivity contribution in [2.45, 2.75) is 44.6 Å². The fraction of sp³-hybridized carbons (Fsp3) is 0.640. The van der Waals surface area contributed by atoms with Crippen LogP contribution in [0.3, 0.4) is 0 Å². The smallest absolute Gasteiger partial charge is 0.251 e. The third kappa shape index (κ3) is 4.82. The lowest BCUT2D eigenvalue weighted by atomic mass is 9.96. The third-order valence-electron chi connectivity index (χ3n) is 7.49. The summed E-state index contributed by atoms with van der Waals surface area (Å²) in [5.41, 5.74) is 1.60. The van der Waals surface area contributed by atoms with Crippen LogP contribution in [0.2, 0.25) is 0 Å². The summed E-state index contributed by atoms with van der Waals surface area (Å²) in [6.45, 7) is 8.11. The predicted octanol–water partition coefficient (Wildman–Crippen LogP) is 0.777. The van der Waals surface area contributed by atoms with Crippen molar-refractivity contribution < 1.29 is 23.9 Å². The molecule has 2 amide bonds. The van der Waals surface area contributed by atoms with Crippen LogP contribution in [0.4, 0.5) is 5.69 Å². The number of anilines is 1. The second kappa shape index (κ2) is 10.4. The summed E-state index contributed by atoms with van der Waals surface area (Å²) in [7, 11) is 3.68. The van der Waals surface area contributed by atoms with E-state index in [-0.39, 0.29) is 42.8 Å². The summed E-state index contributed by atoms with van der Waals surface area (Å²) < 4.78 is 11.1. The van der Waals surface area contributed by atoms with Crippen molar-refractivity contribution in [3.05, 3.63) is 29.8 Å². The Morgan fingerprint density at radius 3 is 2.47 bits per heavy atom. The lowest BCUT2D eigenvalue weighted by molar-refractivity contribution is -0.139. The molecule has 3 aliphatic rings. The van der Waals surface area contributed by atoms with E-state index < -0.39 is 18.2 Å². The highest BCUT2D eigenvalue weighted by Crippen LogP contribution is 2.30. The van der Waals surface area contributed by atoms with Gasteiger partial charge in [0.05, 0.1) is 6.54 Å². The molecule has 5 atom stereocenters. The Morgan fingerprint density at radius 1 is 1.18 bits per heavy atom. The van der Waals surface area contributed by atoms with Crippen molar-refractivity contribution in [1.82, 2.24) is 15.1 Å². The second-order valence-electron chi connectivity index (χ2n) is 9.63. The zero-order chi connectivity index (χ0) is 24.4. The first-order valence-electron chi connectivity index (χ1n) is 12.2. The van der Waals surface area contributed by atoms with Crippen LogP contribution in [0.25, 0.3) is 0 Å². The molecule has 186 valence electrons. The van der Waals surface area contributed by atoms with Gasteiger partial charge in [0.2, 0.25) is 5.91 Å². The van der Waals surface area contributed by atoms with Crippen LogP contribution in [0, 0.1) is 5.92 Å². The highest BCUT2D eigenvalue weighted by molar-refractivity contribution is 5.99. The normalized spacial score (nSPS) is 26.9. The number of nitrogens with one attached hydrogen (secondary N) is 1. The van der Waals surface area contributed by atoms with E-state index in [0.29, 0.717) is 12.0 Å². The standard InChI is InChI=1S/C25H36N4O5/c1-5-16(2)21(25(32)29-14-20(33-4)23-22(29)19(30)15-34-23)26-24(31)17-6-8-18(9-7-17)28-12-10-27(3)11-13-28/h6-9,16,20-23H,5,10-15H2,1-4H3,(H,26,31)/t16?,20-,21+,22-,23-/m1/s1. The fourth-order valence-corrected chi connectivity index (χ4v) is 5.02. The summed E-state index contributed by atoms with van der Waals surface area (Å²) in [5.74, 6) is -0.771. The van der Waals surface area contributed by atoms with Crippen molar-refractivity contribution in [3.8, 4) is 0 Å². The van der Waals surface area contributed by atoms with E-state index in [4.69, 9.17) is 9.47 Å². The van der Waals surface area contributed by atoms with Crippen molar-refractivity contribution in [2.24, 2.45) is 5.92 Å². The Kier molecular flexibility index (Phi) is 7.54. The van der Waals surface area contributed by atoms with Gasteiger partial charge in [-0.05, 0) is 37.2 Å². The number of nitrogens with zero attached hydrogens (tertiary/aromatic N) is 3. The fourth-order valence-electron chi connectivity index (χ4n) is 5.02. The molecular formula is C25H36N4O5. The molecule has 3 fully saturated rings. The minimum absolute atomic E-state index is 0.0149. The number of hydrogen-bond donors (Lipinski definition) is 1. The van der Waals surface area contributed by atoms with Gasteiger partial charge in [-0.3, -0.25) is 14.4 Å². The number of ketones is 1. The Bertz CT molecular complexity index is 899. The molecule has 0 saturated carbocycles. The van der Waals surface area contributed by atoms with Crippen LogP contribution in [-0.2, 0) is 19.1 Å². The van der Waals surface area contributed by atoms with E-state index in [1.54, 1.807) is 12.0 Å². The lowest BCUT2D eigenvalue weighted by Gasteiger charge is -2.34. The summed E-state index contributed by atoms with van der Waals surface area (Å²) in [4.78, 5) is 45.3. The Labute approximate surface area is 201 Å². The van der Waals surface area contributed by atoms with Crippen LogP contribution < -0.4 is 10.2 Å². The van der Waals surface area contributed by atoms with Gasteiger partial charge in [0.25, 0.3) is 5.91 Å².